The van der Waals surface area contributed by atoms with Crippen LogP contribution in [-0.2, 0) is 0 Å². The van der Waals surface area contributed by atoms with Crippen LogP contribution >= 0.6 is 11.3 Å². The Morgan fingerprint density at radius 3 is 1.43 bits per heavy atom. The number of thiophene rings is 1. The van der Waals surface area contributed by atoms with E-state index in [0.29, 0.717) is 17.2 Å². The summed E-state index contributed by atoms with van der Waals surface area (Å²) in [4.78, 5) is 14.9. The Balaban J connectivity index is 1.20. The maximum Gasteiger partial charge on any atom is 0.165 e. The van der Waals surface area contributed by atoms with E-state index in [1.54, 1.807) is 11.3 Å². The van der Waals surface area contributed by atoms with Gasteiger partial charge in [0.05, 0.1) is 0 Å². The van der Waals surface area contributed by atoms with Gasteiger partial charge in [0.2, 0.25) is 0 Å². The number of nitrogens with zero attached hydrogens (tertiary/aromatic N) is 3. The van der Waals surface area contributed by atoms with Crippen molar-refractivity contribution < 1.29 is 0 Å². The van der Waals surface area contributed by atoms with Gasteiger partial charge < -0.3 is 0 Å². The van der Waals surface area contributed by atoms with Crippen molar-refractivity contribution in [3.05, 3.63) is 133 Å². The first-order valence-corrected chi connectivity index (χ1v) is 18.3. The molecule has 2 heterocycles. The van der Waals surface area contributed by atoms with Crippen molar-refractivity contribution in [3.8, 4) is 45.3 Å². The molecule has 10 radical (unpaired) electrons. The molecule has 0 aliphatic heterocycles. The van der Waals surface area contributed by atoms with Crippen LogP contribution in [0.3, 0.4) is 0 Å². The van der Waals surface area contributed by atoms with Gasteiger partial charge in [-0.1, -0.05) is 132 Å². The zero-order valence-corrected chi connectivity index (χ0v) is 29.7. The van der Waals surface area contributed by atoms with Crippen molar-refractivity contribution in [3.63, 3.8) is 0 Å². The van der Waals surface area contributed by atoms with Crippen LogP contribution in [0.2, 0.25) is 0 Å². The highest BCUT2D eigenvalue weighted by molar-refractivity contribution is 7.26. The van der Waals surface area contributed by atoms with Gasteiger partial charge in [0.1, 0.15) is 39.2 Å². The van der Waals surface area contributed by atoms with E-state index < -0.39 is 0 Å². The Labute approximate surface area is 322 Å². The van der Waals surface area contributed by atoms with Crippen molar-refractivity contribution in [2.75, 3.05) is 0 Å². The van der Waals surface area contributed by atoms with Gasteiger partial charge in [-0.3, -0.25) is 0 Å². The fraction of sp³-hybridized carbons (Fsp3) is 0. The third-order valence-corrected chi connectivity index (χ3v) is 11.7. The summed E-state index contributed by atoms with van der Waals surface area (Å²) in [5.74, 6) is 1.18. The minimum absolute atomic E-state index is 0.130. The molecule has 238 valence electrons. The van der Waals surface area contributed by atoms with E-state index >= 15 is 0 Å². The summed E-state index contributed by atoms with van der Waals surface area (Å²) in [5.41, 5.74) is 5.01. The highest BCUT2D eigenvalue weighted by atomic mass is 32.1. The smallest absolute Gasteiger partial charge is 0.165 e. The van der Waals surface area contributed by atoms with Gasteiger partial charge in [-0.15, -0.1) is 27.7 Å². The van der Waals surface area contributed by atoms with Crippen LogP contribution < -0.4 is 27.3 Å². The molecule has 9 heteroatoms. The van der Waals surface area contributed by atoms with Gasteiger partial charge in [0.15, 0.2) is 17.5 Å². The van der Waals surface area contributed by atoms with Crippen LogP contribution in [0.25, 0.3) is 97.8 Å². The highest BCUT2D eigenvalue weighted by Gasteiger charge is 2.21. The molecule has 0 aliphatic rings. The molecule has 0 fully saturated rings. The molecule has 10 aromatic rings. The van der Waals surface area contributed by atoms with E-state index in [4.69, 9.17) is 54.2 Å². The predicted molar refractivity (Wildman–Crippen MR) is 234 cm³/mol. The first kappa shape index (κ1) is 32.7. The van der Waals surface area contributed by atoms with Crippen LogP contribution in [0.15, 0.2) is 133 Å². The number of hydrogen-bond donors (Lipinski definition) is 0. The van der Waals surface area contributed by atoms with Gasteiger partial charge >= 0.3 is 0 Å². The molecule has 2 aromatic heterocycles. The van der Waals surface area contributed by atoms with Crippen molar-refractivity contribution in [1.82, 2.24) is 15.0 Å². The fourth-order valence-corrected chi connectivity index (χ4v) is 9.06. The molecular weight excluding hydrogens is 669 g/mol. The summed E-state index contributed by atoms with van der Waals surface area (Å²) in [7, 11) is 31.8. The van der Waals surface area contributed by atoms with Gasteiger partial charge in [0.25, 0.3) is 0 Å². The quantitative estimate of drug-likeness (QED) is 0.160. The lowest BCUT2D eigenvalue weighted by atomic mass is 9.60. The van der Waals surface area contributed by atoms with Gasteiger partial charge in [0, 0.05) is 36.9 Å². The van der Waals surface area contributed by atoms with Crippen molar-refractivity contribution in [2.45, 2.75) is 0 Å². The van der Waals surface area contributed by atoms with Crippen molar-refractivity contribution in [1.29, 1.82) is 0 Å². The summed E-state index contributed by atoms with van der Waals surface area (Å²) < 4.78 is 2.22. The normalized spacial score (nSPS) is 11.7. The highest BCUT2D eigenvalue weighted by Crippen LogP contribution is 2.45. The van der Waals surface area contributed by atoms with E-state index in [2.05, 4.69) is 91.0 Å². The second-order valence-corrected chi connectivity index (χ2v) is 14.5. The van der Waals surface area contributed by atoms with E-state index in [1.807, 2.05) is 42.5 Å². The Kier molecular flexibility index (Phi) is 7.64. The Morgan fingerprint density at radius 2 is 0.796 bits per heavy atom. The van der Waals surface area contributed by atoms with Gasteiger partial charge in [-0.2, -0.15) is 0 Å². The molecule has 10 rings (SSSR count). The topological polar surface area (TPSA) is 38.7 Å². The van der Waals surface area contributed by atoms with Crippen LogP contribution in [0.4, 0.5) is 0 Å². The van der Waals surface area contributed by atoms with E-state index in [9.17, 15) is 0 Å². The number of aromatic nitrogens is 3. The number of benzene rings is 8. The lowest BCUT2D eigenvalue weighted by Crippen LogP contribution is -2.55. The number of rotatable bonds is 4. The SMILES string of the molecule is [B]c1c([B])c([B])c(-c2nc(-c3ccccc3)nc(-c3cccc4c3sc3c(-c5ccc6c7ccccc7c7ccccc7c6c5)cccc34)n2)c([B])c1[B]. The fourth-order valence-electron chi connectivity index (χ4n) is 7.71. The molecular formula is C45H22B5N3S. The minimum Gasteiger partial charge on any atom is -0.208 e. The summed E-state index contributed by atoms with van der Waals surface area (Å²) in [6, 6.07) is 46.6. The average Bonchev–Trinajstić information content (AvgIpc) is 3.62. The molecule has 0 aliphatic carbocycles. The lowest BCUT2D eigenvalue weighted by Gasteiger charge is -2.20. The lowest BCUT2D eigenvalue weighted by molar-refractivity contribution is 1.08. The zero-order valence-electron chi connectivity index (χ0n) is 28.8. The summed E-state index contributed by atoms with van der Waals surface area (Å²) in [6.45, 7) is 0. The molecule has 0 N–H and O–H groups in total. The van der Waals surface area contributed by atoms with Crippen LogP contribution in [0.1, 0.15) is 0 Å². The molecule has 3 nitrogen and oxygen atoms in total. The summed E-state index contributed by atoms with van der Waals surface area (Å²) in [6.07, 6.45) is 0. The third kappa shape index (κ3) is 4.99. The molecule has 0 bridgehead atoms. The van der Waals surface area contributed by atoms with Crippen LogP contribution in [0.5, 0.6) is 0 Å². The van der Waals surface area contributed by atoms with Crippen LogP contribution in [-0.4, -0.2) is 54.2 Å². The second-order valence-electron chi connectivity index (χ2n) is 13.4. The standard InChI is InChI=1S/C45H22B5N3S/c46-36-35(37(47)39(49)40(50)38(36)48)45-52-43(23-10-2-1-3-11-23)51-44(53-45)33-19-9-18-32-31-17-8-16-25(41(31)54-42(32)33)24-20-21-30-28-14-5-4-12-26(28)27-13-6-7-15-29(27)34(30)22-24/h1-22H. The maximum absolute atomic E-state index is 6.53. The molecule has 0 unspecified atom stereocenters. The Hall–Kier alpha value is -5.91. The monoisotopic (exact) mass is 691 g/mol. The number of hydrogen-bond acceptors (Lipinski definition) is 4. The molecule has 0 spiro atoms. The number of fused-ring (bicyclic) bond motifs is 9. The van der Waals surface area contributed by atoms with Gasteiger partial charge in [-0.05, 0) is 55.6 Å². The van der Waals surface area contributed by atoms with E-state index in [0.717, 1.165) is 37.7 Å². The molecule has 0 saturated carbocycles. The largest absolute Gasteiger partial charge is 0.208 e. The molecule has 8 aromatic carbocycles. The first-order chi connectivity index (χ1) is 26.4. The van der Waals surface area contributed by atoms with Gasteiger partial charge in [-0.25, -0.2) is 15.0 Å². The molecule has 0 saturated heterocycles. The summed E-state index contributed by atoms with van der Waals surface area (Å²) >= 11 is 1.73. The Morgan fingerprint density at radius 1 is 0.333 bits per heavy atom. The van der Waals surface area contributed by atoms with E-state index in [1.165, 1.54) is 37.0 Å². The predicted octanol–water partition coefficient (Wildman–Crippen LogP) is 6.34. The maximum atomic E-state index is 6.53. The minimum atomic E-state index is 0.130. The first-order valence-electron chi connectivity index (χ1n) is 17.5. The zero-order chi connectivity index (χ0) is 36.7. The van der Waals surface area contributed by atoms with Crippen LogP contribution in [0, 0.1) is 0 Å². The average molecular weight is 691 g/mol. The Bertz CT molecular complexity index is 3120. The van der Waals surface area contributed by atoms with Crippen molar-refractivity contribution >= 4 is 130 Å². The molecule has 0 amide bonds. The third-order valence-electron chi connectivity index (χ3n) is 10.4. The molecule has 0 atom stereocenters. The molecule has 54 heavy (non-hydrogen) atoms. The van der Waals surface area contributed by atoms with Crippen molar-refractivity contribution in [2.24, 2.45) is 0 Å². The summed E-state index contributed by atoms with van der Waals surface area (Å²) in [5, 5.41) is 9.74. The second kappa shape index (κ2) is 12.6. The van der Waals surface area contributed by atoms with E-state index in [-0.39, 0.29) is 33.1 Å².